The van der Waals surface area contributed by atoms with Crippen molar-refractivity contribution in [3.05, 3.63) is 24.3 Å². The van der Waals surface area contributed by atoms with Gasteiger partial charge in [0.1, 0.15) is 17.3 Å². The molecule has 0 fully saturated rings. The molecule has 0 aliphatic heterocycles. The first-order valence-corrected chi connectivity index (χ1v) is 6.05. The van der Waals surface area contributed by atoms with Crippen LogP contribution in [0.25, 0.3) is 0 Å². The van der Waals surface area contributed by atoms with Crippen LogP contribution in [-0.2, 0) is 4.79 Å². The maximum atomic E-state index is 12.0. The van der Waals surface area contributed by atoms with Gasteiger partial charge in [-0.3, -0.25) is 4.79 Å². The summed E-state index contributed by atoms with van der Waals surface area (Å²) in [5.74, 6) is -0.450. The summed E-state index contributed by atoms with van der Waals surface area (Å²) < 4.78 is 41.3. The first-order valence-electron chi connectivity index (χ1n) is 5.64. The molecule has 0 unspecified atom stereocenters. The number of rotatable bonds is 6. The maximum Gasteiger partial charge on any atom is 0.389 e. The second kappa shape index (κ2) is 7.09. The monoisotopic (exact) mass is 306 g/mol. The summed E-state index contributed by atoms with van der Waals surface area (Å²) in [7, 11) is 0. The van der Waals surface area contributed by atoms with Crippen LogP contribution >= 0.6 is 12.2 Å². The lowest BCUT2D eigenvalue weighted by molar-refractivity contribution is -0.142. The number of anilines is 1. The molecule has 0 radical (unpaired) electrons. The lowest BCUT2D eigenvalue weighted by Gasteiger charge is -2.12. The topological polar surface area (TPSA) is 64.3 Å². The maximum absolute atomic E-state index is 12.0. The zero-order chi connectivity index (χ0) is 15.2. The van der Waals surface area contributed by atoms with E-state index in [1.165, 1.54) is 6.07 Å². The highest BCUT2D eigenvalue weighted by atomic mass is 32.1. The third kappa shape index (κ3) is 6.37. The Balaban J connectivity index is 2.62. The average molecular weight is 306 g/mol. The lowest BCUT2D eigenvalue weighted by Crippen LogP contribution is -2.20. The van der Waals surface area contributed by atoms with Crippen LogP contribution in [0.4, 0.5) is 18.9 Å². The van der Waals surface area contributed by atoms with Crippen LogP contribution in [0.15, 0.2) is 24.3 Å². The van der Waals surface area contributed by atoms with Gasteiger partial charge in [-0.2, -0.15) is 13.2 Å². The summed E-state index contributed by atoms with van der Waals surface area (Å²) in [5, 5.41) is 2.36. The van der Waals surface area contributed by atoms with E-state index < -0.39 is 24.9 Å². The second-order valence-electron chi connectivity index (χ2n) is 3.91. The lowest BCUT2D eigenvalue weighted by atomic mass is 10.2. The second-order valence-corrected chi connectivity index (χ2v) is 4.44. The first kappa shape index (κ1) is 16.2. The van der Waals surface area contributed by atoms with Gasteiger partial charge in [0, 0.05) is 6.42 Å². The normalized spacial score (nSPS) is 10.9. The number of carbonyl (C=O) groups excluding carboxylic acids is 1. The Labute approximate surface area is 119 Å². The zero-order valence-electron chi connectivity index (χ0n) is 10.4. The van der Waals surface area contributed by atoms with Crippen molar-refractivity contribution >= 4 is 28.8 Å². The number of halogens is 3. The largest absolute Gasteiger partial charge is 0.484 e. The fourth-order valence-electron chi connectivity index (χ4n) is 1.31. The van der Waals surface area contributed by atoms with Crippen LogP contribution in [0, 0.1) is 0 Å². The fraction of sp³-hybridized carbons (Fsp3) is 0.333. The molecule has 0 spiro atoms. The highest BCUT2D eigenvalue weighted by molar-refractivity contribution is 7.80. The quantitative estimate of drug-likeness (QED) is 0.793. The van der Waals surface area contributed by atoms with Gasteiger partial charge in [0.15, 0.2) is 0 Å². The number of amides is 1. The van der Waals surface area contributed by atoms with Gasteiger partial charge in [-0.05, 0) is 12.1 Å². The van der Waals surface area contributed by atoms with E-state index in [0.29, 0.717) is 5.75 Å². The minimum Gasteiger partial charge on any atom is -0.484 e. The summed E-state index contributed by atoms with van der Waals surface area (Å²) >= 11 is 4.65. The van der Waals surface area contributed by atoms with Crippen molar-refractivity contribution in [3.8, 4) is 5.75 Å². The van der Waals surface area contributed by atoms with Crippen molar-refractivity contribution < 1.29 is 22.7 Å². The van der Waals surface area contributed by atoms with Gasteiger partial charge < -0.3 is 15.8 Å². The molecule has 0 saturated heterocycles. The SMILES string of the molecule is NC(=S)COc1ccccc1NC(=O)CCC(F)(F)F. The minimum atomic E-state index is -4.36. The van der Waals surface area contributed by atoms with Crippen LogP contribution < -0.4 is 15.8 Å². The highest BCUT2D eigenvalue weighted by Crippen LogP contribution is 2.25. The number of carbonyl (C=O) groups is 1. The van der Waals surface area contributed by atoms with E-state index in [1.807, 2.05) is 0 Å². The molecule has 3 N–H and O–H groups in total. The van der Waals surface area contributed by atoms with Gasteiger partial charge in [0.05, 0.1) is 12.1 Å². The predicted molar refractivity (Wildman–Crippen MR) is 72.6 cm³/mol. The van der Waals surface area contributed by atoms with Crippen molar-refractivity contribution in [3.63, 3.8) is 0 Å². The molecule has 0 heterocycles. The number of ether oxygens (including phenoxy) is 1. The first-order chi connectivity index (χ1) is 9.28. The summed E-state index contributed by atoms with van der Waals surface area (Å²) in [4.78, 5) is 11.6. The standard InChI is InChI=1S/C12H13F3N2O2S/c13-12(14,15)6-5-11(18)17-8-3-1-2-4-9(8)19-7-10(16)20/h1-4H,5-7H2,(H2,16,20)(H,17,18). The Morgan fingerprint density at radius 3 is 2.60 bits per heavy atom. The molecule has 1 aromatic rings. The number of para-hydroxylation sites is 2. The summed E-state index contributed by atoms with van der Waals surface area (Å²) in [6.45, 7) is -0.0230. The number of hydrogen-bond acceptors (Lipinski definition) is 3. The number of nitrogens with one attached hydrogen (secondary N) is 1. The number of hydrogen-bond donors (Lipinski definition) is 2. The van der Waals surface area contributed by atoms with Crippen molar-refractivity contribution in [2.75, 3.05) is 11.9 Å². The van der Waals surface area contributed by atoms with Crippen LogP contribution in [0.2, 0.25) is 0 Å². The average Bonchev–Trinajstić information content (AvgIpc) is 2.34. The van der Waals surface area contributed by atoms with Gasteiger partial charge in [0.25, 0.3) is 0 Å². The van der Waals surface area contributed by atoms with E-state index in [2.05, 4.69) is 17.5 Å². The van der Waals surface area contributed by atoms with Crippen molar-refractivity contribution in [2.24, 2.45) is 5.73 Å². The van der Waals surface area contributed by atoms with Gasteiger partial charge in [-0.15, -0.1) is 0 Å². The molecule has 0 atom stereocenters. The van der Waals surface area contributed by atoms with E-state index in [4.69, 9.17) is 10.5 Å². The van der Waals surface area contributed by atoms with Crippen LogP contribution in [0.1, 0.15) is 12.8 Å². The van der Waals surface area contributed by atoms with Crippen molar-refractivity contribution in [1.82, 2.24) is 0 Å². The minimum absolute atomic E-state index is 0.0230. The number of benzene rings is 1. The molecule has 4 nitrogen and oxygen atoms in total. The Morgan fingerprint density at radius 2 is 2.00 bits per heavy atom. The summed E-state index contributed by atoms with van der Waals surface area (Å²) in [6.07, 6.45) is -6.18. The molecule has 1 amide bonds. The van der Waals surface area contributed by atoms with E-state index >= 15 is 0 Å². The molecule has 110 valence electrons. The third-order valence-electron chi connectivity index (χ3n) is 2.17. The number of nitrogens with two attached hydrogens (primary N) is 1. The fourth-order valence-corrected chi connectivity index (χ4v) is 1.37. The summed E-state index contributed by atoms with van der Waals surface area (Å²) in [5.41, 5.74) is 5.56. The Bertz CT molecular complexity index is 492. The Kier molecular flexibility index (Phi) is 5.75. The van der Waals surface area contributed by atoms with Crippen LogP contribution in [-0.4, -0.2) is 23.7 Å². The number of thiocarbonyl (C=S) groups is 1. The zero-order valence-corrected chi connectivity index (χ0v) is 11.2. The molecule has 0 aliphatic carbocycles. The Morgan fingerprint density at radius 1 is 1.35 bits per heavy atom. The van der Waals surface area contributed by atoms with E-state index in [1.54, 1.807) is 18.2 Å². The van der Waals surface area contributed by atoms with Crippen LogP contribution in [0.3, 0.4) is 0 Å². The molecule has 0 saturated carbocycles. The van der Waals surface area contributed by atoms with E-state index in [0.717, 1.165) is 0 Å². The summed E-state index contributed by atoms with van der Waals surface area (Å²) in [6, 6.07) is 6.34. The molecule has 1 rings (SSSR count). The smallest absolute Gasteiger partial charge is 0.389 e. The predicted octanol–water partition coefficient (Wildman–Crippen LogP) is 2.63. The van der Waals surface area contributed by atoms with E-state index in [9.17, 15) is 18.0 Å². The third-order valence-corrected chi connectivity index (χ3v) is 2.28. The van der Waals surface area contributed by atoms with Crippen molar-refractivity contribution in [1.29, 1.82) is 0 Å². The molecule has 0 aliphatic rings. The molecular weight excluding hydrogens is 293 g/mol. The molecular formula is C12H13F3N2O2S. The van der Waals surface area contributed by atoms with Gasteiger partial charge in [-0.25, -0.2) is 0 Å². The van der Waals surface area contributed by atoms with Gasteiger partial charge in [0.2, 0.25) is 5.91 Å². The van der Waals surface area contributed by atoms with Crippen LogP contribution in [0.5, 0.6) is 5.75 Å². The molecule has 0 bridgehead atoms. The molecule has 1 aromatic carbocycles. The molecule has 0 aromatic heterocycles. The number of alkyl halides is 3. The van der Waals surface area contributed by atoms with Crippen molar-refractivity contribution in [2.45, 2.75) is 19.0 Å². The Hall–Kier alpha value is -1.83. The van der Waals surface area contributed by atoms with E-state index in [-0.39, 0.29) is 17.3 Å². The molecule has 20 heavy (non-hydrogen) atoms. The molecule has 8 heteroatoms. The highest BCUT2D eigenvalue weighted by Gasteiger charge is 2.28. The van der Waals surface area contributed by atoms with Gasteiger partial charge in [-0.1, -0.05) is 24.4 Å². The van der Waals surface area contributed by atoms with Gasteiger partial charge >= 0.3 is 6.18 Å².